The van der Waals surface area contributed by atoms with Crippen LogP contribution in [0.1, 0.15) is 30.9 Å². The standard InChI is InChI=1S/C23H27NO4/c1-13(25)15-12-21-7-8-23(15,27-4)20-22(21)9-10-24(2)17(21)11-14-5-6-16(26-3)19(28-20)18(14)22/h5-8,15,17,20H,9-12H2,1-4H3/t15-,17?,20-,21?,22?,23+/m1/s1. The lowest BCUT2D eigenvalue weighted by Crippen LogP contribution is -2.79. The number of piperidine rings is 1. The number of carbonyl (C=O) groups is 1. The topological polar surface area (TPSA) is 48.0 Å². The van der Waals surface area contributed by atoms with Crippen molar-refractivity contribution in [3.8, 4) is 11.5 Å². The van der Waals surface area contributed by atoms with E-state index in [2.05, 4.69) is 30.2 Å². The van der Waals surface area contributed by atoms with Gasteiger partial charge in [-0.1, -0.05) is 18.2 Å². The van der Waals surface area contributed by atoms with Crippen LogP contribution in [0.5, 0.6) is 11.5 Å². The molecule has 2 heterocycles. The molecule has 4 bridgehead atoms. The quantitative estimate of drug-likeness (QED) is 0.753. The number of carbonyl (C=O) groups excluding carboxylic acids is 1. The van der Waals surface area contributed by atoms with E-state index in [9.17, 15) is 4.79 Å². The van der Waals surface area contributed by atoms with E-state index in [1.54, 1.807) is 21.1 Å². The summed E-state index contributed by atoms with van der Waals surface area (Å²) in [5, 5.41) is 0. The summed E-state index contributed by atoms with van der Waals surface area (Å²) in [5.74, 6) is 1.68. The maximum atomic E-state index is 12.8. The molecule has 1 aromatic rings. The van der Waals surface area contributed by atoms with E-state index in [0.29, 0.717) is 6.04 Å². The number of likely N-dealkylation sites (N-methyl/N-ethyl adjacent to an activating group) is 1. The number of Topliss-reactive ketones (excluding diaryl/α,β-unsaturated/α-hetero) is 1. The molecule has 1 saturated carbocycles. The fourth-order valence-electron chi connectivity index (χ4n) is 7.67. The van der Waals surface area contributed by atoms with Gasteiger partial charge in [-0.2, -0.15) is 0 Å². The van der Waals surface area contributed by atoms with Gasteiger partial charge in [0.15, 0.2) is 11.5 Å². The average molecular weight is 381 g/mol. The molecule has 1 saturated heterocycles. The molecule has 0 aromatic heterocycles. The first-order valence-electron chi connectivity index (χ1n) is 10.3. The zero-order valence-electron chi connectivity index (χ0n) is 17.0. The van der Waals surface area contributed by atoms with Crippen LogP contribution in [0.4, 0.5) is 0 Å². The second kappa shape index (κ2) is 5.00. The minimum absolute atomic E-state index is 0.105. The number of likely N-dealkylation sites (tertiary alicyclic amines) is 1. The summed E-state index contributed by atoms with van der Waals surface area (Å²) < 4.78 is 18.7. The van der Waals surface area contributed by atoms with Crippen LogP contribution < -0.4 is 9.47 Å². The van der Waals surface area contributed by atoms with E-state index >= 15 is 0 Å². The Balaban J connectivity index is 1.72. The van der Waals surface area contributed by atoms with Crippen LogP contribution in [0.15, 0.2) is 24.3 Å². The first-order chi connectivity index (χ1) is 13.4. The smallest absolute Gasteiger partial charge is 0.166 e. The largest absolute Gasteiger partial charge is 0.493 e. The lowest BCUT2D eigenvalue weighted by molar-refractivity contribution is -0.212. The fraction of sp³-hybridized carbons (Fsp3) is 0.609. The monoisotopic (exact) mass is 381 g/mol. The Morgan fingerprint density at radius 3 is 2.82 bits per heavy atom. The Morgan fingerprint density at radius 1 is 1.29 bits per heavy atom. The maximum Gasteiger partial charge on any atom is 0.166 e. The van der Waals surface area contributed by atoms with Gasteiger partial charge in [-0.25, -0.2) is 0 Å². The molecule has 5 heteroatoms. The third kappa shape index (κ3) is 1.49. The molecule has 28 heavy (non-hydrogen) atoms. The first kappa shape index (κ1) is 17.0. The van der Waals surface area contributed by atoms with Gasteiger partial charge in [-0.05, 0) is 51.4 Å². The van der Waals surface area contributed by atoms with Crippen LogP contribution in [0.3, 0.4) is 0 Å². The van der Waals surface area contributed by atoms with Crippen molar-refractivity contribution in [3.63, 3.8) is 0 Å². The number of hydrogen-bond donors (Lipinski definition) is 0. The molecule has 148 valence electrons. The SMILES string of the molecule is COc1ccc2c3c1O[C@@H]1C34CCN(C)C(C2)C42C=C[C@]1(OC)[C@@H](C(C)=O)C2. The predicted molar refractivity (Wildman–Crippen MR) is 104 cm³/mol. The highest BCUT2D eigenvalue weighted by atomic mass is 16.6. The lowest BCUT2D eigenvalue weighted by atomic mass is 9.37. The normalized spacial score (nSPS) is 44.2. The number of nitrogens with zero attached hydrogens (tertiary/aromatic N) is 1. The predicted octanol–water partition coefficient (Wildman–Crippen LogP) is 2.50. The molecule has 0 N–H and O–H groups in total. The van der Waals surface area contributed by atoms with Gasteiger partial charge in [0.1, 0.15) is 17.5 Å². The van der Waals surface area contributed by atoms with Crippen molar-refractivity contribution in [1.82, 2.24) is 4.90 Å². The molecule has 2 spiro atoms. The van der Waals surface area contributed by atoms with Crippen LogP contribution in [0.2, 0.25) is 0 Å². The lowest BCUT2D eigenvalue weighted by Gasteiger charge is -2.70. The molecule has 3 unspecified atom stereocenters. The van der Waals surface area contributed by atoms with E-state index in [0.717, 1.165) is 37.3 Å². The number of ether oxygens (including phenoxy) is 3. The Hall–Kier alpha value is -1.85. The molecule has 2 fully saturated rings. The minimum atomic E-state index is -0.716. The minimum Gasteiger partial charge on any atom is -0.493 e. The molecule has 1 aromatic carbocycles. The second-order valence-electron chi connectivity index (χ2n) is 9.35. The number of rotatable bonds is 3. The van der Waals surface area contributed by atoms with Crippen molar-refractivity contribution in [1.29, 1.82) is 0 Å². The summed E-state index contributed by atoms with van der Waals surface area (Å²) in [6.07, 6.45) is 7.19. The number of hydrogen-bond acceptors (Lipinski definition) is 5. The number of methoxy groups -OCH3 is 2. The molecule has 6 aliphatic rings. The Bertz CT molecular complexity index is 941. The van der Waals surface area contributed by atoms with Crippen LogP contribution in [-0.2, 0) is 21.4 Å². The number of fused-ring (bicyclic) bond motifs is 1. The van der Waals surface area contributed by atoms with Gasteiger partial charge in [0.2, 0.25) is 0 Å². The average Bonchev–Trinajstić information content (AvgIpc) is 3.07. The second-order valence-corrected chi connectivity index (χ2v) is 9.35. The molecule has 7 rings (SSSR count). The molecule has 0 radical (unpaired) electrons. The molecule has 6 atom stereocenters. The Labute approximate surface area is 165 Å². The highest BCUT2D eigenvalue weighted by Gasteiger charge is 2.79. The van der Waals surface area contributed by atoms with E-state index in [-0.39, 0.29) is 28.6 Å². The van der Waals surface area contributed by atoms with Crippen molar-refractivity contribution in [3.05, 3.63) is 35.4 Å². The summed E-state index contributed by atoms with van der Waals surface area (Å²) in [6.45, 7) is 2.74. The van der Waals surface area contributed by atoms with Gasteiger partial charge in [0.05, 0.1) is 18.4 Å². The van der Waals surface area contributed by atoms with Crippen LogP contribution in [0, 0.1) is 11.3 Å². The maximum absolute atomic E-state index is 12.8. The number of ketones is 1. The van der Waals surface area contributed by atoms with E-state index in [4.69, 9.17) is 14.2 Å². The van der Waals surface area contributed by atoms with Crippen LogP contribution >= 0.6 is 0 Å². The molecular formula is C23H27NO4. The molecular weight excluding hydrogens is 354 g/mol. The Kier molecular flexibility index (Phi) is 3.05. The zero-order valence-corrected chi connectivity index (χ0v) is 17.0. The van der Waals surface area contributed by atoms with Gasteiger partial charge in [-0.3, -0.25) is 4.79 Å². The van der Waals surface area contributed by atoms with Crippen molar-refractivity contribution in [2.75, 3.05) is 27.8 Å². The summed E-state index contributed by atoms with van der Waals surface area (Å²) >= 11 is 0. The summed E-state index contributed by atoms with van der Waals surface area (Å²) in [7, 11) is 5.67. The van der Waals surface area contributed by atoms with E-state index in [1.165, 1.54) is 11.1 Å². The van der Waals surface area contributed by atoms with Crippen molar-refractivity contribution in [2.45, 2.75) is 49.3 Å². The Morgan fingerprint density at radius 2 is 2.11 bits per heavy atom. The fourth-order valence-corrected chi connectivity index (χ4v) is 7.67. The highest BCUT2D eigenvalue weighted by Crippen LogP contribution is 2.74. The van der Waals surface area contributed by atoms with Gasteiger partial charge in [0.25, 0.3) is 0 Å². The van der Waals surface area contributed by atoms with Crippen molar-refractivity contribution >= 4 is 5.78 Å². The first-order valence-corrected chi connectivity index (χ1v) is 10.3. The molecule has 0 amide bonds. The third-order valence-electron chi connectivity index (χ3n) is 8.77. The molecule has 5 nitrogen and oxygen atoms in total. The summed E-state index contributed by atoms with van der Waals surface area (Å²) in [5.41, 5.74) is 1.72. The van der Waals surface area contributed by atoms with Crippen LogP contribution in [0.25, 0.3) is 0 Å². The van der Waals surface area contributed by atoms with E-state index in [1.807, 2.05) is 6.07 Å². The molecule has 4 aliphatic carbocycles. The van der Waals surface area contributed by atoms with E-state index < -0.39 is 5.60 Å². The van der Waals surface area contributed by atoms with Gasteiger partial charge < -0.3 is 19.1 Å². The van der Waals surface area contributed by atoms with Gasteiger partial charge >= 0.3 is 0 Å². The summed E-state index contributed by atoms with van der Waals surface area (Å²) in [6, 6.07) is 4.62. The van der Waals surface area contributed by atoms with Crippen molar-refractivity contribution < 1.29 is 19.0 Å². The summed E-state index contributed by atoms with van der Waals surface area (Å²) in [4.78, 5) is 15.3. The highest BCUT2D eigenvalue weighted by molar-refractivity contribution is 5.82. The molecule has 2 aliphatic heterocycles. The van der Waals surface area contributed by atoms with Crippen LogP contribution in [-0.4, -0.2) is 56.2 Å². The van der Waals surface area contributed by atoms with Gasteiger partial charge in [-0.15, -0.1) is 0 Å². The van der Waals surface area contributed by atoms with Crippen molar-refractivity contribution in [2.24, 2.45) is 11.3 Å². The number of benzene rings is 1. The third-order valence-corrected chi connectivity index (χ3v) is 8.77. The van der Waals surface area contributed by atoms with Gasteiger partial charge in [0, 0.05) is 24.1 Å². The zero-order chi connectivity index (χ0) is 19.5.